The predicted molar refractivity (Wildman–Crippen MR) is 97.4 cm³/mol. The highest BCUT2D eigenvalue weighted by Gasteiger charge is 2.14. The van der Waals surface area contributed by atoms with Crippen molar-refractivity contribution in [3.05, 3.63) is 59.2 Å². The van der Waals surface area contributed by atoms with Crippen molar-refractivity contribution in [3.8, 4) is 6.07 Å². The third-order valence-corrected chi connectivity index (χ3v) is 4.62. The van der Waals surface area contributed by atoms with Crippen LogP contribution in [0, 0.1) is 25.2 Å². The van der Waals surface area contributed by atoms with Gasteiger partial charge in [0.15, 0.2) is 0 Å². The van der Waals surface area contributed by atoms with Crippen LogP contribution in [-0.2, 0) is 0 Å². The van der Waals surface area contributed by atoms with Crippen molar-refractivity contribution in [2.24, 2.45) is 0 Å². The zero-order chi connectivity index (χ0) is 16.4. The fraction of sp³-hybridized carbons (Fsp3) is 0.158. The van der Waals surface area contributed by atoms with Crippen molar-refractivity contribution in [2.45, 2.75) is 18.9 Å². The molecule has 3 nitrogen and oxygen atoms in total. The first-order valence-corrected chi connectivity index (χ1v) is 8.57. The SMILES string of the molecule is CSc1nc2ccccc2c(Nc2ccc(C)c(C)c2)c1C#N. The van der Waals surface area contributed by atoms with Gasteiger partial charge in [-0.2, -0.15) is 5.26 Å². The van der Waals surface area contributed by atoms with Crippen LogP contribution in [0.25, 0.3) is 10.9 Å². The molecule has 0 radical (unpaired) electrons. The number of nitrogens with one attached hydrogen (secondary N) is 1. The number of hydrogen-bond donors (Lipinski definition) is 1. The zero-order valence-electron chi connectivity index (χ0n) is 13.3. The second-order valence-electron chi connectivity index (χ2n) is 5.42. The lowest BCUT2D eigenvalue weighted by molar-refractivity contribution is 1.16. The van der Waals surface area contributed by atoms with Gasteiger partial charge in [0.05, 0.1) is 11.2 Å². The first-order valence-electron chi connectivity index (χ1n) is 7.35. The van der Waals surface area contributed by atoms with Gasteiger partial charge in [-0.3, -0.25) is 0 Å². The van der Waals surface area contributed by atoms with Gasteiger partial charge in [-0.25, -0.2) is 4.98 Å². The molecule has 23 heavy (non-hydrogen) atoms. The number of benzene rings is 2. The van der Waals surface area contributed by atoms with Gasteiger partial charge in [-0.15, -0.1) is 11.8 Å². The number of rotatable bonds is 3. The lowest BCUT2D eigenvalue weighted by Crippen LogP contribution is -2.00. The third-order valence-electron chi connectivity index (χ3n) is 3.94. The molecule has 4 heteroatoms. The lowest BCUT2D eigenvalue weighted by atomic mass is 10.1. The molecule has 1 aromatic heterocycles. The number of aryl methyl sites for hydroxylation is 2. The monoisotopic (exact) mass is 319 g/mol. The van der Waals surface area contributed by atoms with E-state index < -0.39 is 0 Å². The van der Waals surface area contributed by atoms with Crippen LogP contribution in [0.5, 0.6) is 0 Å². The van der Waals surface area contributed by atoms with Gasteiger partial charge in [0, 0.05) is 11.1 Å². The van der Waals surface area contributed by atoms with Crippen molar-refractivity contribution < 1.29 is 0 Å². The number of pyridine rings is 1. The van der Waals surface area contributed by atoms with E-state index in [1.165, 1.54) is 22.9 Å². The predicted octanol–water partition coefficient (Wildman–Crippen LogP) is 5.19. The van der Waals surface area contributed by atoms with Gasteiger partial charge < -0.3 is 5.32 Å². The number of fused-ring (bicyclic) bond motifs is 1. The molecular formula is C19H17N3S. The van der Waals surface area contributed by atoms with Crippen LogP contribution in [0.15, 0.2) is 47.5 Å². The van der Waals surface area contributed by atoms with E-state index in [-0.39, 0.29) is 0 Å². The molecule has 0 fully saturated rings. The fourth-order valence-corrected chi connectivity index (χ4v) is 3.08. The summed E-state index contributed by atoms with van der Waals surface area (Å²) < 4.78 is 0. The average Bonchev–Trinajstić information content (AvgIpc) is 2.57. The van der Waals surface area contributed by atoms with E-state index in [2.05, 4.69) is 42.4 Å². The number of para-hydroxylation sites is 1. The lowest BCUT2D eigenvalue weighted by Gasteiger charge is -2.14. The molecule has 0 unspecified atom stereocenters. The highest BCUT2D eigenvalue weighted by molar-refractivity contribution is 7.98. The van der Waals surface area contributed by atoms with Crippen molar-refractivity contribution >= 4 is 34.0 Å². The second-order valence-corrected chi connectivity index (χ2v) is 6.22. The Hall–Kier alpha value is -2.51. The van der Waals surface area contributed by atoms with E-state index in [1.807, 2.05) is 36.6 Å². The van der Waals surface area contributed by atoms with Crippen molar-refractivity contribution in [3.63, 3.8) is 0 Å². The molecule has 0 atom stereocenters. The summed E-state index contributed by atoms with van der Waals surface area (Å²) in [5, 5.41) is 14.8. The normalized spacial score (nSPS) is 10.5. The molecule has 1 N–H and O–H groups in total. The Bertz CT molecular complexity index is 926. The van der Waals surface area contributed by atoms with Gasteiger partial charge in [0.1, 0.15) is 16.7 Å². The summed E-state index contributed by atoms with van der Waals surface area (Å²) in [5.41, 5.74) is 5.76. The molecule has 0 spiro atoms. The number of thioether (sulfide) groups is 1. The first-order chi connectivity index (χ1) is 11.1. The molecule has 0 aliphatic carbocycles. The van der Waals surface area contributed by atoms with Crippen LogP contribution in [-0.4, -0.2) is 11.2 Å². The Labute approximate surface area is 140 Å². The number of nitriles is 1. The Balaban J connectivity index is 2.22. The van der Waals surface area contributed by atoms with E-state index in [1.54, 1.807) is 0 Å². The van der Waals surface area contributed by atoms with E-state index in [9.17, 15) is 5.26 Å². The topological polar surface area (TPSA) is 48.7 Å². The summed E-state index contributed by atoms with van der Waals surface area (Å²) in [6.07, 6.45) is 1.94. The maximum atomic E-state index is 9.62. The van der Waals surface area contributed by atoms with E-state index in [0.717, 1.165) is 27.3 Å². The van der Waals surface area contributed by atoms with E-state index in [0.29, 0.717) is 5.56 Å². The number of aromatic nitrogens is 1. The Morgan fingerprint density at radius 3 is 2.57 bits per heavy atom. The van der Waals surface area contributed by atoms with Crippen LogP contribution in [0.3, 0.4) is 0 Å². The molecule has 2 aromatic carbocycles. The highest BCUT2D eigenvalue weighted by Crippen LogP contribution is 2.34. The number of nitrogens with zero attached hydrogens (tertiary/aromatic N) is 2. The molecule has 0 aliphatic heterocycles. The zero-order valence-corrected chi connectivity index (χ0v) is 14.2. The summed E-state index contributed by atoms with van der Waals surface area (Å²) in [7, 11) is 0. The van der Waals surface area contributed by atoms with Gasteiger partial charge in [-0.05, 0) is 49.4 Å². The average molecular weight is 319 g/mol. The fourth-order valence-electron chi connectivity index (χ4n) is 2.53. The van der Waals surface area contributed by atoms with E-state index in [4.69, 9.17) is 0 Å². The number of hydrogen-bond acceptors (Lipinski definition) is 4. The highest BCUT2D eigenvalue weighted by atomic mass is 32.2. The van der Waals surface area contributed by atoms with E-state index >= 15 is 0 Å². The molecule has 0 saturated heterocycles. The molecule has 0 aliphatic rings. The van der Waals surface area contributed by atoms with Crippen LogP contribution in [0.1, 0.15) is 16.7 Å². The molecule has 0 bridgehead atoms. The molecule has 3 rings (SSSR count). The minimum Gasteiger partial charge on any atom is -0.354 e. The minimum absolute atomic E-state index is 0.592. The van der Waals surface area contributed by atoms with Crippen LogP contribution in [0.2, 0.25) is 0 Å². The van der Waals surface area contributed by atoms with Gasteiger partial charge in [0.25, 0.3) is 0 Å². The van der Waals surface area contributed by atoms with Crippen LogP contribution < -0.4 is 5.32 Å². The Kier molecular flexibility index (Phi) is 4.22. The summed E-state index contributed by atoms with van der Waals surface area (Å²) >= 11 is 1.49. The summed E-state index contributed by atoms with van der Waals surface area (Å²) in [5.74, 6) is 0. The smallest absolute Gasteiger partial charge is 0.116 e. The minimum atomic E-state index is 0.592. The van der Waals surface area contributed by atoms with Crippen LogP contribution >= 0.6 is 11.8 Å². The molecule has 0 saturated carbocycles. The molecule has 0 amide bonds. The second kappa shape index (κ2) is 6.31. The number of anilines is 2. The van der Waals surface area contributed by atoms with Crippen molar-refractivity contribution in [1.82, 2.24) is 4.98 Å². The third kappa shape index (κ3) is 2.88. The van der Waals surface area contributed by atoms with Crippen molar-refractivity contribution in [1.29, 1.82) is 5.26 Å². The summed E-state index contributed by atoms with van der Waals surface area (Å²) in [6.45, 7) is 4.18. The summed E-state index contributed by atoms with van der Waals surface area (Å²) in [4.78, 5) is 4.60. The van der Waals surface area contributed by atoms with Gasteiger partial charge in [-0.1, -0.05) is 24.3 Å². The van der Waals surface area contributed by atoms with Crippen molar-refractivity contribution in [2.75, 3.05) is 11.6 Å². The molecule has 114 valence electrons. The standard InChI is InChI=1S/C19H17N3S/c1-12-8-9-14(10-13(12)2)21-18-15-6-4-5-7-17(15)22-19(23-3)16(18)11-20/h4-10H,1-3H3,(H,21,22). The quantitative estimate of drug-likeness (QED) is 0.675. The maximum absolute atomic E-state index is 9.62. The van der Waals surface area contributed by atoms with Gasteiger partial charge >= 0.3 is 0 Å². The Morgan fingerprint density at radius 2 is 1.87 bits per heavy atom. The Morgan fingerprint density at radius 1 is 1.09 bits per heavy atom. The van der Waals surface area contributed by atoms with Crippen LogP contribution in [0.4, 0.5) is 11.4 Å². The first kappa shape index (κ1) is 15.4. The molecule has 1 heterocycles. The summed E-state index contributed by atoms with van der Waals surface area (Å²) in [6, 6.07) is 16.4. The largest absolute Gasteiger partial charge is 0.354 e. The van der Waals surface area contributed by atoms with Gasteiger partial charge in [0.2, 0.25) is 0 Å². The maximum Gasteiger partial charge on any atom is 0.116 e. The molecular weight excluding hydrogens is 302 g/mol. The molecule has 3 aromatic rings.